The molecule has 17 heavy (non-hydrogen) atoms. The Bertz CT molecular complexity index is 366. The molecule has 0 N–H and O–H groups in total. The normalized spacial score (nSPS) is 25.2. The van der Waals surface area contributed by atoms with Gasteiger partial charge < -0.3 is 0 Å². The van der Waals surface area contributed by atoms with Crippen LogP contribution in [0.5, 0.6) is 0 Å². The number of nitrogens with zero attached hydrogens (tertiary/aromatic N) is 2. The van der Waals surface area contributed by atoms with Gasteiger partial charge in [0.1, 0.15) is 5.01 Å². The van der Waals surface area contributed by atoms with E-state index in [9.17, 15) is 0 Å². The van der Waals surface area contributed by atoms with Crippen LogP contribution in [0, 0.1) is 11.8 Å². The largest absolute Gasteiger partial charge is 0.297 e. The number of hydrogen-bond acceptors (Lipinski definition) is 3. The molecule has 96 valence electrons. The van der Waals surface area contributed by atoms with E-state index in [1.807, 2.05) is 0 Å². The zero-order chi connectivity index (χ0) is 12.4. The maximum atomic E-state index is 5.81. The second-order valence-electron chi connectivity index (χ2n) is 5.15. The molecule has 0 amide bonds. The number of hydrogen-bond donors (Lipinski definition) is 0. The number of rotatable bonds is 6. The molecule has 0 saturated heterocycles. The summed E-state index contributed by atoms with van der Waals surface area (Å²) in [6, 6.07) is 0.463. The molecule has 1 fully saturated rings. The van der Waals surface area contributed by atoms with E-state index in [4.69, 9.17) is 11.6 Å². The van der Waals surface area contributed by atoms with Crippen LogP contribution >= 0.6 is 22.9 Å². The molecule has 3 atom stereocenters. The van der Waals surface area contributed by atoms with Crippen molar-refractivity contribution >= 4 is 22.9 Å². The van der Waals surface area contributed by atoms with Crippen molar-refractivity contribution < 1.29 is 0 Å². The first-order valence-electron chi connectivity index (χ1n) is 6.36. The third-order valence-electron chi connectivity index (χ3n) is 3.71. The number of alkyl halides is 1. The fourth-order valence-electron chi connectivity index (χ4n) is 2.36. The van der Waals surface area contributed by atoms with E-state index in [1.165, 1.54) is 18.0 Å². The summed E-state index contributed by atoms with van der Waals surface area (Å²) in [7, 11) is 2.22. The summed E-state index contributed by atoms with van der Waals surface area (Å²) < 4.78 is 0. The number of halogens is 1. The SMILES string of the molecule is CCC(c1nc(CCl)cs1)N(C)CC1CC1C. The van der Waals surface area contributed by atoms with Gasteiger partial charge in [-0.05, 0) is 31.7 Å². The Hall–Kier alpha value is -0.120. The van der Waals surface area contributed by atoms with Gasteiger partial charge in [0.25, 0.3) is 0 Å². The number of aromatic nitrogens is 1. The van der Waals surface area contributed by atoms with Crippen molar-refractivity contribution in [3.05, 3.63) is 16.1 Å². The Morgan fingerprint density at radius 2 is 2.35 bits per heavy atom. The van der Waals surface area contributed by atoms with E-state index in [0.717, 1.165) is 24.0 Å². The van der Waals surface area contributed by atoms with Crippen molar-refractivity contribution in [2.45, 2.75) is 38.6 Å². The maximum absolute atomic E-state index is 5.81. The van der Waals surface area contributed by atoms with E-state index in [0.29, 0.717) is 11.9 Å². The number of thiazole rings is 1. The molecule has 1 aromatic rings. The van der Waals surface area contributed by atoms with Crippen molar-refractivity contribution in [2.24, 2.45) is 11.8 Å². The van der Waals surface area contributed by atoms with Gasteiger partial charge in [-0.25, -0.2) is 4.98 Å². The van der Waals surface area contributed by atoms with E-state index in [-0.39, 0.29) is 0 Å². The highest BCUT2D eigenvalue weighted by atomic mass is 35.5. The highest BCUT2D eigenvalue weighted by Crippen LogP contribution is 2.39. The first-order valence-corrected chi connectivity index (χ1v) is 7.77. The average molecular weight is 273 g/mol. The summed E-state index contributed by atoms with van der Waals surface area (Å²) in [6.07, 6.45) is 2.51. The molecule has 1 aliphatic rings. The Morgan fingerprint density at radius 1 is 1.65 bits per heavy atom. The van der Waals surface area contributed by atoms with Crippen LogP contribution in [0.25, 0.3) is 0 Å². The molecule has 1 heterocycles. The van der Waals surface area contributed by atoms with Crippen LogP contribution < -0.4 is 0 Å². The van der Waals surface area contributed by atoms with Gasteiger partial charge in [-0.1, -0.05) is 13.8 Å². The lowest BCUT2D eigenvalue weighted by Gasteiger charge is -2.25. The molecule has 0 aliphatic heterocycles. The van der Waals surface area contributed by atoms with E-state index in [2.05, 4.69) is 36.2 Å². The second-order valence-corrected chi connectivity index (χ2v) is 6.30. The Kier molecular flexibility index (Phi) is 4.45. The molecule has 2 rings (SSSR count). The molecule has 1 aromatic heterocycles. The van der Waals surface area contributed by atoms with Crippen LogP contribution in [0.2, 0.25) is 0 Å². The van der Waals surface area contributed by atoms with Crippen molar-refractivity contribution in [1.29, 1.82) is 0 Å². The third kappa shape index (κ3) is 3.21. The van der Waals surface area contributed by atoms with Gasteiger partial charge in [-0.15, -0.1) is 22.9 Å². The monoisotopic (exact) mass is 272 g/mol. The second kappa shape index (κ2) is 5.68. The van der Waals surface area contributed by atoms with Gasteiger partial charge >= 0.3 is 0 Å². The highest BCUT2D eigenvalue weighted by molar-refractivity contribution is 7.09. The molecule has 2 nitrogen and oxygen atoms in total. The zero-order valence-electron chi connectivity index (χ0n) is 10.8. The lowest BCUT2D eigenvalue weighted by molar-refractivity contribution is 0.225. The van der Waals surface area contributed by atoms with E-state index < -0.39 is 0 Å². The first-order chi connectivity index (χ1) is 8.15. The van der Waals surface area contributed by atoms with E-state index in [1.54, 1.807) is 11.3 Å². The Labute approximate surface area is 113 Å². The van der Waals surface area contributed by atoms with Gasteiger partial charge in [0.15, 0.2) is 0 Å². The molecule has 3 unspecified atom stereocenters. The van der Waals surface area contributed by atoms with Crippen LogP contribution in [0.15, 0.2) is 5.38 Å². The van der Waals surface area contributed by atoms with Crippen LogP contribution in [0.1, 0.15) is 43.4 Å². The predicted octanol–water partition coefficient (Wildman–Crippen LogP) is 3.92. The van der Waals surface area contributed by atoms with Crippen molar-refractivity contribution in [2.75, 3.05) is 13.6 Å². The van der Waals surface area contributed by atoms with E-state index >= 15 is 0 Å². The average Bonchev–Trinajstić information content (AvgIpc) is 2.82. The summed E-state index contributed by atoms with van der Waals surface area (Å²) in [5.41, 5.74) is 1.01. The van der Waals surface area contributed by atoms with Crippen LogP contribution in [0.3, 0.4) is 0 Å². The predicted molar refractivity (Wildman–Crippen MR) is 74.6 cm³/mol. The first kappa shape index (κ1) is 13.3. The summed E-state index contributed by atoms with van der Waals surface area (Å²) in [5, 5.41) is 3.30. The summed E-state index contributed by atoms with van der Waals surface area (Å²) in [5.74, 6) is 2.35. The molecular formula is C13H21ClN2S. The minimum atomic E-state index is 0.463. The molecular weight excluding hydrogens is 252 g/mol. The maximum Gasteiger partial charge on any atom is 0.110 e. The molecule has 0 spiro atoms. The molecule has 0 bridgehead atoms. The quantitative estimate of drug-likeness (QED) is 0.730. The minimum absolute atomic E-state index is 0.463. The smallest absolute Gasteiger partial charge is 0.110 e. The minimum Gasteiger partial charge on any atom is -0.297 e. The fraction of sp³-hybridized carbons (Fsp3) is 0.769. The molecule has 1 saturated carbocycles. The van der Waals surface area contributed by atoms with Crippen LogP contribution in [0.4, 0.5) is 0 Å². The van der Waals surface area contributed by atoms with Crippen molar-refractivity contribution in [3.63, 3.8) is 0 Å². The zero-order valence-corrected chi connectivity index (χ0v) is 12.4. The van der Waals surface area contributed by atoms with Gasteiger partial charge in [0.2, 0.25) is 0 Å². The highest BCUT2D eigenvalue weighted by Gasteiger charge is 2.34. The lowest BCUT2D eigenvalue weighted by Crippen LogP contribution is -2.26. The summed E-state index contributed by atoms with van der Waals surface area (Å²) in [6.45, 7) is 5.78. The summed E-state index contributed by atoms with van der Waals surface area (Å²) in [4.78, 5) is 7.08. The Balaban J connectivity index is 1.99. The third-order valence-corrected chi connectivity index (χ3v) is 4.98. The summed E-state index contributed by atoms with van der Waals surface area (Å²) >= 11 is 7.56. The molecule has 0 radical (unpaired) electrons. The molecule has 4 heteroatoms. The fourth-order valence-corrected chi connectivity index (χ4v) is 3.66. The van der Waals surface area contributed by atoms with Crippen LogP contribution in [-0.4, -0.2) is 23.5 Å². The Morgan fingerprint density at radius 3 is 2.82 bits per heavy atom. The molecule has 1 aliphatic carbocycles. The van der Waals surface area contributed by atoms with Gasteiger partial charge in [0, 0.05) is 11.9 Å². The lowest BCUT2D eigenvalue weighted by atomic mass is 10.2. The van der Waals surface area contributed by atoms with Crippen molar-refractivity contribution in [3.8, 4) is 0 Å². The standard InChI is InChI=1S/C13H21ClN2S/c1-4-12(13-15-11(6-14)8-17-13)16(3)7-10-5-9(10)2/h8-10,12H,4-7H2,1-3H3. The van der Waals surface area contributed by atoms with Gasteiger partial charge in [0.05, 0.1) is 17.6 Å². The van der Waals surface area contributed by atoms with Gasteiger partial charge in [-0.3, -0.25) is 4.90 Å². The van der Waals surface area contributed by atoms with Crippen LogP contribution in [-0.2, 0) is 5.88 Å². The molecule has 0 aromatic carbocycles. The van der Waals surface area contributed by atoms with Gasteiger partial charge in [-0.2, -0.15) is 0 Å². The van der Waals surface area contributed by atoms with Crippen molar-refractivity contribution in [1.82, 2.24) is 9.88 Å². The topological polar surface area (TPSA) is 16.1 Å².